The third kappa shape index (κ3) is 3.48. The maximum Gasteiger partial charge on any atom is 0.231 e. The fraction of sp³-hybridized carbons (Fsp3) is 0.333. The van der Waals surface area contributed by atoms with Gasteiger partial charge in [0.15, 0.2) is 5.65 Å². The molecular weight excluding hydrogens is 352 g/mol. The Hall–Kier alpha value is -2.67. The average Bonchev–Trinajstić information content (AvgIpc) is 3.10. The molecular formula is C18H19ClN6O. The van der Waals surface area contributed by atoms with Crippen LogP contribution in [0.2, 0.25) is 5.02 Å². The van der Waals surface area contributed by atoms with E-state index in [2.05, 4.69) is 25.4 Å². The summed E-state index contributed by atoms with van der Waals surface area (Å²) in [5.41, 5.74) is 1.74. The first-order chi connectivity index (χ1) is 12.7. The second-order valence-electron chi connectivity index (χ2n) is 6.44. The minimum atomic E-state index is -0.0769. The van der Waals surface area contributed by atoms with Crippen molar-refractivity contribution >= 4 is 29.1 Å². The molecule has 3 aromatic heterocycles. The molecule has 1 N–H and O–H groups in total. The van der Waals surface area contributed by atoms with Crippen LogP contribution in [0.5, 0.6) is 0 Å². The number of carbonyl (C=O) groups is 1. The molecule has 26 heavy (non-hydrogen) atoms. The molecule has 1 atom stereocenters. The molecule has 0 aromatic carbocycles. The number of pyridine rings is 2. The average molecular weight is 371 g/mol. The highest BCUT2D eigenvalue weighted by atomic mass is 35.5. The van der Waals surface area contributed by atoms with Gasteiger partial charge in [-0.05, 0) is 36.6 Å². The molecule has 1 aliphatic rings. The number of amides is 1. The van der Waals surface area contributed by atoms with Crippen molar-refractivity contribution in [2.45, 2.75) is 19.4 Å². The van der Waals surface area contributed by atoms with E-state index >= 15 is 0 Å². The number of rotatable bonds is 4. The van der Waals surface area contributed by atoms with Crippen molar-refractivity contribution in [3.63, 3.8) is 0 Å². The van der Waals surface area contributed by atoms with Crippen LogP contribution in [0.15, 0.2) is 42.9 Å². The van der Waals surface area contributed by atoms with Crippen molar-refractivity contribution in [1.29, 1.82) is 0 Å². The quantitative estimate of drug-likeness (QED) is 0.762. The standard InChI is InChI=1S/C18H19ClN6O/c19-15-5-6-16-22-23-18(25(16)12-15)24-8-2-4-14(11-24)17(26)21-10-13-3-1-7-20-9-13/h1,3,5-7,9,12,14H,2,4,8,10-11H2,(H,21,26)/t14-/m0/s1. The van der Waals surface area contributed by atoms with Gasteiger partial charge in [-0.1, -0.05) is 17.7 Å². The summed E-state index contributed by atoms with van der Waals surface area (Å²) in [6.45, 7) is 1.96. The molecule has 0 spiro atoms. The third-order valence-corrected chi connectivity index (χ3v) is 4.84. The first kappa shape index (κ1) is 16.8. The fourth-order valence-corrected chi connectivity index (χ4v) is 3.44. The van der Waals surface area contributed by atoms with Crippen molar-refractivity contribution in [3.05, 3.63) is 53.4 Å². The minimum Gasteiger partial charge on any atom is -0.352 e. The lowest BCUT2D eigenvalue weighted by Crippen LogP contribution is -2.43. The van der Waals surface area contributed by atoms with Gasteiger partial charge in [0.05, 0.1) is 10.9 Å². The monoisotopic (exact) mass is 370 g/mol. The van der Waals surface area contributed by atoms with Crippen LogP contribution in [0, 0.1) is 5.92 Å². The lowest BCUT2D eigenvalue weighted by atomic mass is 9.97. The van der Waals surface area contributed by atoms with Crippen LogP contribution in [-0.4, -0.2) is 38.6 Å². The van der Waals surface area contributed by atoms with E-state index in [1.165, 1.54) is 0 Å². The van der Waals surface area contributed by atoms with Crippen LogP contribution in [0.4, 0.5) is 5.95 Å². The van der Waals surface area contributed by atoms with E-state index in [0.29, 0.717) is 18.1 Å². The normalized spacial score (nSPS) is 17.4. The predicted octanol–water partition coefficient (Wildman–Crippen LogP) is 2.31. The largest absolute Gasteiger partial charge is 0.352 e. The van der Waals surface area contributed by atoms with Gasteiger partial charge in [0, 0.05) is 38.2 Å². The summed E-state index contributed by atoms with van der Waals surface area (Å²) in [7, 11) is 0. The molecule has 0 aliphatic carbocycles. The molecule has 1 aliphatic heterocycles. The van der Waals surface area contributed by atoms with E-state index in [9.17, 15) is 4.79 Å². The van der Waals surface area contributed by atoms with Gasteiger partial charge in [-0.25, -0.2) is 0 Å². The summed E-state index contributed by atoms with van der Waals surface area (Å²) in [5, 5.41) is 12.1. The number of anilines is 1. The zero-order chi connectivity index (χ0) is 17.9. The number of fused-ring (bicyclic) bond motifs is 1. The van der Waals surface area contributed by atoms with Gasteiger partial charge in [0.1, 0.15) is 0 Å². The van der Waals surface area contributed by atoms with E-state index in [0.717, 1.165) is 36.5 Å². The second kappa shape index (κ2) is 7.29. The van der Waals surface area contributed by atoms with Crippen LogP contribution < -0.4 is 10.2 Å². The molecule has 134 valence electrons. The number of nitrogens with zero attached hydrogens (tertiary/aromatic N) is 5. The molecule has 7 nitrogen and oxygen atoms in total. The molecule has 8 heteroatoms. The molecule has 1 fully saturated rings. The summed E-state index contributed by atoms with van der Waals surface area (Å²) >= 11 is 6.10. The Labute approximate surface area is 156 Å². The van der Waals surface area contributed by atoms with Crippen molar-refractivity contribution in [1.82, 2.24) is 24.9 Å². The van der Waals surface area contributed by atoms with Gasteiger partial charge in [-0.3, -0.25) is 14.2 Å². The minimum absolute atomic E-state index is 0.0606. The van der Waals surface area contributed by atoms with E-state index < -0.39 is 0 Å². The number of piperidine rings is 1. The molecule has 4 heterocycles. The fourth-order valence-electron chi connectivity index (χ4n) is 3.28. The van der Waals surface area contributed by atoms with Gasteiger partial charge in [0.2, 0.25) is 11.9 Å². The number of nitrogens with one attached hydrogen (secondary N) is 1. The maximum atomic E-state index is 12.6. The van der Waals surface area contributed by atoms with Crippen LogP contribution in [0.25, 0.3) is 5.65 Å². The molecule has 0 radical (unpaired) electrons. The Kier molecular flexibility index (Phi) is 4.71. The zero-order valence-electron chi connectivity index (χ0n) is 14.2. The van der Waals surface area contributed by atoms with Gasteiger partial charge in [0.25, 0.3) is 0 Å². The highest BCUT2D eigenvalue weighted by Gasteiger charge is 2.28. The molecule has 0 unspecified atom stereocenters. The predicted molar refractivity (Wildman–Crippen MR) is 99.0 cm³/mol. The molecule has 1 amide bonds. The Balaban J connectivity index is 1.45. The SMILES string of the molecule is O=C(NCc1cccnc1)[C@H]1CCCN(c2nnc3ccc(Cl)cn23)C1. The van der Waals surface area contributed by atoms with Crippen LogP contribution in [0.3, 0.4) is 0 Å². The van der Waals surface area contributed by atoms with E-state index in [4.69, 9.17) is 11.6 Å². The number of aromatic nitrogens is 4. The number of hydrogen-bond donors (Lipinski definition) is 1. The first-order valence-electron chi connectivity index (χ1n) is 8.62. The van der Waals surface area contributed by atoms with E-state index in [-0.39, 0.29) is 11.8 Å². The molecule has 4 rings (SSSR count). The third-order valence-electron chi connectivity index (χ3n) is 4.61. The molecule has 1 saturated heterocycles. The summed E-state index contributed by atoms with van der Waals surface area (Å²) in [6.07, 6.45) is 7.09. The van der Waals surface area contributed by atoms with Crippen molar-refractivity contribution < 1.29 is 4.79 Å². The van der Waals surface area contributed by atoms with Crippen LogP contribution >= 0.6 is 11.6 Å². The molecule has 0 saturated carbocycles. The summed E-state index contributed by atoms with van der Waals surface area (Å²) < 4.78 is 1.87. The maximum absolute atomic E-state index is 12.6. The van der Waals surface area contributed by atoms with Crippen molar-refractivity contribution in [3.8, 4) is 0 Å². The van der Waals surface area contributed by atoms with Gasteiger partial charge < -0.3 is 10.2 Å². The lowest BCUT2D eigenvalue weighted by Gasteiger charge is -2.32. The van der Waals surface area contributed by atoms with Crippen LogP contribution in [0.1, 0.15) is 18.4 Å². The van der Waals surface area contributed by atoms with Crippen molar-refractivity contribution in [2.24, 2.45) is 5.92 Å². The Morgan fingerprint density at radius 2 is 2.23 bits per heavy atom. The van der Waals surface area contributed by atoms with E-state index in [1.54, 1.807) is 24.7 Å². The van der Waals surface area contributed by atoms with Gasteiger partial charge in [-0.15, -0.1) is 10.2 Å². The number of halogens is 1. The highest BCUT2D eigenvalue weighted by molar-refractivity contribution is 6.30. The number of hydrogen-bond acceptors (Lipinski definition) is 5. The number of carbonyl (C=O) groups excluding carboxylic acids is 1. The summed E-state index contributed by atoms with van der Waals surface area (Å²) in [6, 6.07) is 7.44. The van der Waals surface area contributed by atoms with Crippen LogP contribution in [-0.2, 0) is 11.3 Å². The smallest absolute Gasteiger partial charge is 0.231 e. The lowest BCUT2D eigenvalue weighted by molar-refractivity contribution is -0.125. The highest BCUT2D eigenvalue weighted by Crippen LogP contribution is 2.23. The first-order valence-corrected chi connectivity index (χ1v) is 9.00. The summed E-state index contributed by atoms with van der Waals surface area (Å²) in [4.78, 5) is 18.8. The topological polar surface area (TPSA) is 75.4 Å². The van der Waals surface area contributed by atoms with Gasteiger partial charge >= 0.3 is 0 Å². The Morgan fingerprint density at radius 3 is 3.08 bits per heavy atom. The molecule has 0 bridgehead atoms. The second-order valence-corrected chi connectivity index (χ2v) is 6.88. The summed E-state index contributed by atoms with van der Waals surface area (Å²) in [5.74, 6) is 0.713. The zero-order valence-corrected chi connectivity index (χ0v) is 14.9. The van der Waals surface area contributed by atoms with Gasteiger partial charge in [-0.2, -0.15) is 0 Å². The van der Waals surface area contributed by atoms with E-state index in [1.807, 2.05) is 22.6 Å². The Morgan fingerprint density at radius 1 is 1.31 bits per heavy atom. The van der Waals surface area contributed by atoms with Crippen molar-refractivity contribution in [2.75, 3.05) is 18.0 Å². The molecule has 3 aromatic rings. The Bertz CT molecular complexity index is 912.